The molecule has 0 bridgehead atoms. The van der Waals surface area contributed by atoms with Crippen molar-refractivity contribution in [1.29, 1.82) is 0 Å². The molecule has 0 saturated heterocycles. The van der Waals surface area contributed by atoms with Crippen LogP contribution >= 0.6 is 0 Å². The third-order valence-corrected chi connectivity index (χ3v) is 3.43. The number of nitrogens with zero attached hydrogens (tertiary/aromatic N) is 2. The van der Waals surface area contributed by atoms with Crippen molar-refractivity contribution >= 4 is 17.6 Å². The van der Waals surface area contributed by atoms with Crippen molar-refractivity contribution in [3.63, 3.8) is 0 Å². The maximum Gasteiger partial charge on any atom is 0.274 e. The molecule has 0 heterocycles. The molecule has 4 heteroatoms. The van der Waals surface area contributed by atoms with Gasteiger partial charge >= 0.3 is 0 Å². The van der Waals surface area contributed by atoms with Gasteiger partial charge in [0.2, 0.25) is 0 Å². The lowest BCUT2D eigenvalue weighted by molar-refractivity contribution is -0.385. The van der Waals surface area contributed by atoms with Gasteiger partial charge in [0.25, 0.3) is 5.69 Å². The molecule has 0 aromatic heterocycles. The summed E-state index contributed by atoms with van der Waals surface area (Å²) in [7, 11) is 0. The summed E-state index contributed by atoms with van der Waals surface area (Å²) in [6, 6.07) is 13.1. The van der Waals surface area contributed by atoms with Gasteiger partial charge in [-0.05, 0) is 30.0 Å². The quantitative estimate of drug-likeness (QED) is 0.460. The number of nitro benzene ring substituents is 1. The van der Waals surface area contributed by atoms with Gasteiger partial charge < -0.3 is 0 Å². The van der Waals surface area contributed by atoms with Crippen LogP contribution in [0.2, 0.25) is 0 Å². The first kappa shape index (κ1) is 14.9. The van der Waals surface area contributed by atoms with Crippen molar-refractivity contribution in [2.75, 3.05) is 0 Å². The van der Waals surface area contributed by atoms with Gasteiger partial charge in [-0.2, -0.15) is 0 Å². The van der Waals surface area contributed by atoms with E-state index in [4.69, 9.17) is 0 Å². The van der Waals surface area contributed by atoms with Crippen LogP contribution in [-0.2, 0) is 0 Å². The fraction of sp³-hybridized carbons (Fsp3) is 0.235. The Kier molecular flexibility index (Phi) is 4.48. The molecule has 108 valence electrons. The Morgan fingerprint density at radius 1 is 1.14 bits per heavy atom. The summed E-state index contributed by atoms with van der Waals surface area (Å²) < 4.78 is 0. The second kappa shape index (κ2) is 6.31. The van der Waals surface area contributed by atoms with Gasteiger partial charge in [-0.1, -0.05) is 44.2 Å². The number of aliphatic imine (C=N–C) groups is 1. The predicted octanol–water partition coefficient (Wildman–Crippen LogP) is 4.78. The minimum atomic E-state index is -0.383. The molecule has 0 aliphatic heterocycles. The highest BCUT2D eigenvalue weighted by molar-refractivity contribution is 5.82. The molecule has 0 N–H and O–H groups in total. The highest BCUT2D eigenvalue weighted by Gasteiger charge is 2.12. The van der Waals surface area contributed by atoms with E-state index in [9.17, 15) is 10.1 Å². The van der Waals surface area contributed by atoms with Gasteiger partial charge in [-0.15, -0.1) is 0 Å². The van der Waals surface area contributed by atoms with Crippen LogP contribution in [0.4, 0.5) is 11.4 Å². The van der Waals surface area contributed by atoms with Crippen LogP contribution in [-0.4, -0.2) is 11.1 Å². The maximum absolute atomic E-state index is 10.9. The molecule has 2 aromatic carbocycles. The van der Waals surface area contributed by atoms with E-state index in [2.05, 4.69) is 31.0 Å². The minimum Gasteiger partial charge on any atom is -0.258 e. The van der Waals surface area contributed by atoms with Crippen molar-refractivity contribution in [3.05, 3.63) is 69.3 Å². The van der Waals surface area contributed by atoms with Crippen LogP contribution in [0.25, 0.3) is 0 Å². The van der Waals surface area contributed by atoms with Crippen LogP contribution in [0, 0.1) is 17.0 Å². The SMILES string of the molecule is Cc1c(N=Cc2ccc(C(C)C)cc2)cccc1[N+](=O)[O-]. The minimum absolute atomic E-state index is 0.0970. The molecule has 21 heavy (non-hydrogen) atoms. The summed E-state index contributed by atoms with van der Waals surface area (Å²) in [4.78, 5) is 14.9. The average Bonchev–Trinajstić information content (AvgIpc) is 2.46. The van der Waals surface area contributed by atoms with Crippen molar-refractivity contribution in [3.8, 4) is 0 Å². The molecule has 0 saturated carbocycles. The van der Waals surface area contributed by atoms with E-state index in [0.29, 0.717) is 17.2 Å². The van der Waals surface area contributed by atoms with E-state index >= 15 is 0 Å². The molecular formula is C17H18N2O2. The largest absolute Gasteiger partial charge is 0.274 e. The highest BCUT2D eigenvalue weighted by atomic mass is 16.6. The fourth-order valence-electron chi connectivity index (χ4n) is 2.06. The monoisotopic (exact) mass is 282 g/mol. The Balaban J connectivity index is 2.25. The van der Waals surface area contributed by atoms with Gasteiger partial charge in [0.15, 0.2) is 0 Å². The van der Waals surface area contributed by atoms with Crippen molar-refractivity contribution in [1.82, 2.24) is 0 Å². The zero-order chi connectivity index (χ0) is 15.4. The van der Waals surface area contributed by atoms with Crippen LogP contribution in [0.15, 0.2) is 47.5 Å². The summed E-state index contributed by atoms with van der Waals surface area (Å²) in [5, 5.41) is 10.9. The topological polar surface area (TPSA) is 55.5 Å². The normalized spacial score (nSPS) is 11.2. The van der Waals surface area contributed by atoms with Gasteiger partial charge in [0, 0.05) is 12.3 Å². The van der Waals surface area contributed by atoms with E-state index in [-0.39, 0.29) is 10.6 Å². The Morgan fingerprint density at radius 2 is 1.81 bits per heavy atom. The lowest BCUT2D eigenvalue weighted by Crippen LogP contribution is -1.91. The van der Waals surface area contributed by atoms with Gasteiger partial charge in [-0.25, -0.2) is 0 Å². The van der Waals surface area contributed by atoms with Crippen molar-refractivity contribution < 1.29 is 4.92 Å². The van der Waals surface area contributed by atoms with E-state index in [0.717, 1.165) is 5.56 Å². The first-order valence-corrected chi connectivity index (χ1v) is 6.87. The van der Waals surface area contributed by atoms with Crippen LogP contribution < -0.4 is 0 Å². The summed E-state index contributed by atoms with van der Waals surface area (Å²) in [5.41, 5.74) is 3.55. The Morgan fingerprint density at radius 3 is 2.38 bits per heavy atom. The second-order valence-electron chi connectivity index (χ2n) is 5.26. The Labute approximate surface area is 124 Å². The smallest absolute Gasteiger partial charge is 0.258 e. The van der Waals surface area contributed by atoms with Crippen molar-refractivity contribution in [2.24, 2.45) is 4.99 Å². The van der Waals surface area contributed by atoms with Gasteiger partial charge in [0.05, 0.1) is 16.2 Å². The van der Waals surface area contributed by atoms with Crippen molar-refractivity contribution in [2.45, 2.75) is 26.7 Å². The van der Waals surface area contributed by atoms with E-state index in [1.54, 1.807) is 25.3 Å². The second-order valence-corrected chi connectivity index (χ2v) is 5.26. The van der Waals surface area contributed by atoms with Gasteiger partial charge in [0.1, 0.15) is 0 Å². The molecule has 0 fully saturated rings. The van der Waals surface area contributed by atoms with Crippen LogP contribution in [0.3, 0.4) is 0 Å². The number of rotatable bonds is 4. The van der Waals surface area contributed by atoms with E-state index < -0.39 is 0 Å². The molecule has 0 radical (unpaired) electrons. The molecule has 0 unspecified atom stereocenters. The number of benzene rings is 2. The third kappa shape index (κ3) is 3.54. The summed E-state index contributed by atoms with van der Waals surface area (Å²) in [5.74, 6) is 0.495. The number of hydrogen-bond donors (Lipinski definition) is 0. The highest BCUT2D eigenvalue weighted by Crippen LogP contribution is 2.27. The molecule has 0 atom stereocenters. The van der Waals surface area contributed by atoms with Crippen LogP contribution in [0.1, 0.15) is 36.5 Å². The molecule has 0 aliphatic carbocycles. The number of hydrogen-bond acceptors (Lipinski definition) is 3. The molecular weight excluding hydrogens is 264 g/mol. The molecule has 0 spiro atoms. The zero-order valence-corrected chi connectivity index (χ0v) is 12.4. The summed E-state index contributed by atoms with van der Waals surface area (Å²) in [6.45, 7) is 6.01. The fourth-order valence-corrected chi connectivity index (χ4v) is 2.06. The summed E-state index contributed by atoms with van der Waals surface area (Å²) >= 11 is 0. The molecule has 0 amide bonds. The predicted molar refractivity (Wildman–Crippen MR) is 85.6 cm³/mol. The maximum atomic E-state index is 10.9. The van der Waals surface area contributed by atoms with E-state index in [1.807, 2.05) is 12.1 Å². The molecule has 4 nitrogen and oxygen atoms in total. The Bertz CT molecular complexity index is 674. The van der Waals surface area contributed by atoms with Crippen LogP contribution in [0.5, 0.6) is 0 Å². The molecule has 0 aliphatic rings. The summed E-state index contributed by atoms with van der Waals surface area (Å²) in [6.07, 6.45) is 1.73. The lowest BCUT2D eigenvalue weighted by Gasteiger charge is -2.04. The first-order chi connectivity index (χ1) is 9.99. The molecule has 2 aromatic rings. The third-order valence-electron chi connectivity index (χ3n) is 3.43. The average molecular weight is 282 g/mol. The van der Waals surface area contributed by atoms with Gasteiger partial charge in [-0.3, -0.25) is 15.1 Å². The zero-order valence-electron chi connectivity index (χ0n) is 12.4. The number of nitro groups is 1. The van der Waals surface area contributed by atoms with E-state index in [1.165, 1.54) is 11.6 Å². The lowest BCUT2D eigenvalue weighted by atomic mass is 10.0. The first-order valence-electron chi connectivity index (χ1n) is 6.87. The standard InChI is InChI=1S/C17H18N2O2/c1-12(2)15-9-7-14(8-10-15)11-18-16-5-4-6-17(13(16)3)19(20)21/h4-12H,1-3H3. The Hall–Kier alpha value is -2.49. The molecule has 2 rings (SSSR count).